The molecule has 96 valence electrons. The molecule has 18 heavy (non-hydrogen) atoms. The summed E-state index contributed by atoms with van der Waals surface area (Å²) in [5.74, 6) is 0.593. The van der Waals surface area contributed by atoms with E-state index in [4.69, 9.17) is 5.73 Å². The maximum Gasteiger partial charge on any atom is 0.128 e. The first-order valence-electron chi connectivity index (χ1n) is 6.05. The van der Waals surface area contributed by atoms with E-state index in [1.807, 2.05) is 19.1 Å². The minimum Gasteiger partial charge on any atom is -0.383 e. The second-order valence-electron chi connectivity index (χ2n) is 4.15. The zero-order chi connectivity index (χ0) is 13.0. The molecule has 2 aromatic heterocycles. The Morgan fingerprint density at radius 3 is 2.94 bits per heavy atom. The monoisotopic (exact) mass is 262 g/mol. The van der Waals surface area contributed by atoms with Crippen molar-refractivity contribution in [3.63, 3.8) is 0 Å². The van der Waals surface area contributed by atoms with Crippen molar-refractivity contribution in [1.29, 1.82) is 0 Å². The van der Waals surface area contributed by atoms with E-state index in [1.54, 1.807) is 17.5 Å². The number of hydrogen-bond donors (Lipinski definition) is 2. The van der Waals surface area contributed by atoms with E-state index in [0.717, 1.165) is 29.2 Å². The van der Waals surface area contributed by atoms with Crippen molar-refractivity contribution >= 4 is 17.2 Å². The molecule has 0 amide bonds. The van der Waals surface area contributed by atoms with Crippen LogP contribution in [0.15, 0.2) is 23.7 Å². The maximum atomic E-state index is 5.94. The minimum atomic E-state index is 0.171. The first kappa shape index (κ1) is 13.0. The third kappa shape index (κ3) is 3.05. The highest BCUT2D eigenvalue weighted by Gasteiger charge is 2.15. The summed E-state index contributed by atoms with van der Waals surface area (Å²) in [6.07, 6.45) is 2.56. The smallest absolute Gasteiger partial charge is 0.128 e. The van der Waals surface area contributed by atoms with Crippen molar-refractivity contribution in [2.75, 3.05) is 12.3 Å². The highest BCUT2D eigenvalue weighted by atomic mass is 32.1. The standard InChI is InChI=1S/C13H18N4S/c1-3-15-12(7-10-8-18-9(2)17-10)11-5-4-6-16-13(11)14/h4-6,8,12,15H,3,7H2,1-2H3,(H2,14,16). The second kappa shape index (κ2) is 5.93. The van der Waals surface area contributed by atoms with Gasteiger partial charge in [-0.25, -0.2) is 9.97 Å². The van der Waals surface area contributed by atoms with Crippen molar-refractivity contribution in [2.45, 2.75) is 26.3 Å². The summed E-state index contributed by atoms with van der Waals surface area (Å²) in [5, 5.41) is 6.64. The van der Waals surface area contributed by atoms with Crippen LogP contribution < -0.4 is 11.1 Å². The van der Waals surface area contributed by atoms with Crippen molar-refractivity contribution in [3.8, 4) is 0 Å². The van der Waals surface area contributed by atoms with Crippen LogP contribution in [0.25, 0.3) is 0 Å². The third-order valence-electron chi connectivity index (χ3n) is 2.78. The van der Waals surface area contributed by atoms with E-state index < -0.39 is 0 Å². The van der Waals surface area contributed by atoms with Gasteiger partial charge < -0.3 is 11.1 Å². The molecule has 0 saturated carbocycles. The largest absolute Gasteiger partial charge is 0.383 e. The summed E-state index contributed by atoms with van der Waals surface area (Å²) in [5.41, 5.74) is 8.09. The molecule has 3 N–H and O–H groups in total. The molecule has 1 atom stereocenters. The maximum absolute atomic E-state index is 5.94. The average molecular weight is 262 g/mol. The molecule has 5 heteroatoms. The van der Waals surface area contributed by atoms with Gasteiger partial charge in [-0.1, -0.05) is 13.0 Å². The van der Waals surface area contributed by atoms with Gasteiger partial charge in [0, 0.05) is 29.6 Å². The summed E-state index contributed by atoms with van der Waals surface area (Å²) in [6.45, 7) is 5.00. The minimum absolute atomic E-state index is 0.171. The molecule has 0 spiro atoms. The van der Waals surface area contributed by atoms with Crippen LogP contribution in [0.5, 0.6) is 0 Å². The van der Waals surface area contributed by atoms with E-state index in [1.165, 1.54) is 0 Å². The summed E-state index contributed by atoms with van der Waals surface area (Å²) >= 11 is 1.68. The van der Waals surface area contributed by atoms with E-state index in [-0.39, 0.29) is 6.04 Å². The molecule has 0 fully saturated rings. The fraction of sp³-hybridized carbons (Fsp3) is 0.385. The second-order valence-corrected chi connectivity index (χ2v) is 5.21. The lowest BCUT2D eigenvalue weighted by Gasteiger charge is -2.18. The molecule has 2 aromatic rings. The van der Waals surface area contributed by atoms with Crippen LogP contribution >= 0.6 is 11.3 Å². The Bertz CT molecular complexity index is 509. The number of pyridine rings is 1. The molecule has 0 aliphatic heterocycles. The number of anilines is 1. The van der Waals surface area contributed by atoms with E-state index in [0.29, 0.717) is 5.82 Å². The van der Waals surface area contributed by atoms with Gasteiger partial charge in [-0.2, -0.15) is 0 Å². The first-order valence-corrected chi connectivity index (χ1v) is 6.93. The Morgan fingerprint density at radius 1 is 1.50 bits per heavy atom. The number of nitrogens with one attached hydrogen (secondary N) is 1. The van der Waals surface area contributed by atoms with Crippen molar-refractivity contribution in [3.05, 3.63) is 40.0 Å². The number of nitrogens with zero attached hydrogens (tertiary/aromatic N) is 2. The van der Waals surface area contributed by atoms with E-state index in [9.17, 15) is 0 Å². The quantitative estimate of drug-likeness (QED) is 0.868. The Kier molecular flexibility index (Phi) is 4.28. The molecule has 0 bridgehead atoms. The lowest BCUT2D eigenvalue weighted by molar-refractivity contribution is 0.545. The number of thiazole rings is 1. The molecule has 2 rings (SSSR count). The highest BCUT2D eigenvalue weighted by molar-refractivity contribution is 7.09. The molecule has 0 saturated heterocycles. The zero-order valence-corrected chi connectivity index (χ0v) is 11.5. The number of hydrogen-bond acceptors (Lipinski definition) is 5. The van der Waals surface area contributed by atoms with Gasteiger partial charge in [-0.05, 0) is 19.5 Å². The molecule has 1 unspecified atom stereocenters. The van der Waals surface area contributed by atoms with Gasteiger partial charge in [0.25, 0.3) is 0 Å². The predicted molar refractivity (Wildman–Crippen MR) is 75.6 cm³/mol. The SMILES string of the molecule is CCNC(Cc1csc(C)n1)c1cccnc1N. The van der Waals surface area contributed by atoms with Crippen molar-refractivity contribution in [2.24, 2.45) is 0 Å². The summed E-state index contributed by atoms with van der Waals surface area (Å²) in [6, 6.07) is 4.11. The third-order valence-corrected chi connectivity index (χ3v) is 3.60. The predicted octanol–water partition coefficient (Wildman–Crippen LogP) is 2.32. The normalized spacial score (nSPS) is 12.6. The number of nitrogens with two attached hydrogens (primary N) is 1. The fourth-order valence-electron chi connectivity index (χ4n) is 1.97. The topological polar surface area (TPSA) is 63.8 Å². The first-order chi connectivity index (χ1) is 8.70. The lowest BCUT2D eigenvalue weighted by atomic mass is 10.0. The Hall–Kier alpha value is -1.46. The molecule has 2 heterocycles. The van der Waals surface area contributed by atoms with Crippen molar-refractivity contribution in [1.82, 2.24) is 15.3 Å². The highest BCUT2D eigenvalue weighted by Crippen LogP contribution is 2.22. The van der Waals surface area contributed by atoms with Gasteiger partial charge >= 0.3 is 0 Å². The van der Waals surface area contributed by atoms with Crippen LogP contribution in [-0.4, -0.2) is 16.5 Å². The molecular weight excluding hydrogens is 244 g/mol. The van der Waals surface area contributed by atoms with Gasteiger partial charge in [0.1, 0.15) is 5.82 Å². The van der Waals surface area contributed by atoms with Crippen LogP contribution in [0.3, 0.4) is 0 Å². The number of likely N-dealkylation sites (N-methyl/N-ethyl adjacent to an activating group) is 1. The van der Waals surface area contributed by atoms with Crippen LogP contribution in [-0.2, 0) is 6.42 Å². The van der Waals surface area contributed by atoms with Crippen molar-refractivity contribution < 1.29 is 0 Å². The molecule has 0 aliphatic rings. The summed E-state index contributed by atoms with van der Waals surface area (Å²) in [4.78, 5) is 8.65. The number of aromatic nitrogens is 2. The van der Waals surface area contributed by atoms with E-state index in [2.05, 4.69) is 27.6 Å². The van der Waals surface area contributed by atoms with Crippen LogP contribution in [0, 0.1) is 6.92 Å². The summed E-state index contributed by atoms with van der Waals surface area (Å²) < 4.78 is 0. The van der Waals surface area contributed by atoms with E-state index >= 15 is 0 Å². The number of nitrogen functional groups attached to an aromatic ring is 1. The summed E-state index contributed by atoms with van der Waals surface area (Å²) in [7, 11) is 0. The lowest BCUT2D eigenvalue weighted by Crippen LogP contribution is -2.24. The van der Waals surface area contributed by atoms with Crippen LogP contribution in [0.1, 0.15) is 29.2 Å². The molecular formula is C13H18N4S. The molecule has 4 nitrogen and oxygen atoms in total. The van der Waals surface area contributed by atoms with Gasteiger partial charge in [-0.3, -0.25) is 0 Å². The van der Waals surface area contributed by atoms with Gasteiger partial charge in [-0.15, -0.1) is 11.3 Å². The van der Waals surface area contributed by atoms with Crippen LogP contribution in [0.2, 0.25) is 0 Å². The average Bonchev–Trinajstić information content (AvgIpc) is 2.75. The van der Waals surface area contributed by atoms with Crippen LogP contribution in [0.4, 0.5) is 5.82 Å². The number of aryl methyl sites for hydroxylation is 1. The zero-order valence-electron chi connectivity index (χ0n) is 10.7. The van der Waals surface area contributed by atoms with Gasteiger partial charge in [0.15, 0.2) is 0 Å². The molecule has 0 aliphatic carbocycles. The number of rotatable bonds is 5. The van der Waals surface area contributed by atoms with Gasteiger partial charge in [0.05, 0.1) is 10.7 Å². The molecule has 0 radical (unpaired) electrons. The Morgan fingerprint density at radius 2 is 2.33 bits per heavy atom. The molecule has 0 aromatic carbocycles. The van der Waals surface area contributed by atoms with Gasteiger partial charge in [0.2, 0.25) is 0 Å². The Balaban J connectivity index is 2.20. The fourth-order valence-corrected chi connectivity index (χ4v) is 2.60. The Labute approximate surface area is 111 Å².